The fourth-order valence-corrected chi connectivity index (χ4v) is 5.05. The lowest BCUT2D eigenvalue weighted by Crippen LogP contribution is -2.44. The molecule has 2 N–H and O–H groups in total. The first-order valence-corrected chi connectivity index (χ1v) is 13.1. The van der Waals surface area contributed by atoms with Crippen molar-refractivity contribution < 1.29 is 23.8 Å². The predicted octanol–water partition coefficient (Wildman–Crippen LogP) is 5.53. The molecule has 38 heavy (non-hydrogen) atoms. The molecule has 0 bridgehead atoms. The van der Waals surface area contributed by atoms with Crippen molar-refractivity contribution in [1.82, 2.24) is 10.3 Å². The summed E-state index contributed by atoms with van der Waals surface area (Å²) >= 11 is 1.31. The highest BCUT2D eigenvalue weighted by molar-refractivity contribution is 7.22. The van der Waals surface area contributed by atoms with E-state index < -0.39 is 17.9 Å². The van der Waals surface area contributed by atoms with E-state index in [1.54, 1.807) is 45.2 Å². The summed E-state index contributed by atoms with van der Waals surface area (Å²) < 4.78 is 20.2. The van der Waals surface area contributed by atoms with Crippen LogP contribution >= 0.6 is 11.3 Å². The molecule has 4 rings (SSSR count). The van der Waals surface area contributed by atoms with Gasteiger partial charge in [0.1, 0.15) is 17.6 Å². The van der Waals surface area contributed by atoms with Gasteiger partial charge in [-0.1, -0.05) is 55.5 Å². The number of rotatable bonds is 11. The highest BCUT2D eigenvalue weighted by atomic mass is 32.1. The number of aliphatic carboxylic acids is 1. The molecule has 0 spiro atoms. The number of fused-ring (bicyclic) bond motifs is 1. The number of ether oxygens (including phenoxy) is 1. The van der Waals surface area contributed by atoms with Gasteiger partial charge in [-0.05, 0) is 59.9 Å². The minimum absolute atomic E-state index is 0.242. The molecule has 198 valence electrons. The van der Waals surface area contributed by atoms with Crippen molar-refractivity contribution in [2.24, 2.45) is 5.92 Å². The molecule has 0 saturated heterocycles. The SMILES string of the molecule is COc1ccc(CCN(Cc2ccc(C(=O)N[C@@H](C(=O)O)C(C)C)cc2)c2nc3cccc(F)c3s2)cc1. The Balaban J connectivity index is 1.53. The van der Waals surface area contributed by atoms with Gasteiger partial charge in [0.15, 0.2) is 5.13 Å². The Kier molecular flexibility index (Phi) is 8.58. The first-order chi connectivity index (χ1) is 18.2. The van der Waals surface area contributed by atoms with Crippen LogP contribution in [0.25, 0.3) is 10.2 Å². The van der Waals surface area contributed by atoms with E-state index in [0.29, 0.717) is 34.0 Å². The molecule has 9 heteroatoms. The van der Waals surface area contributed by atoms with E-state index in [0.717, 1.165) is 23.3 Å². The molecule has 3 aromatic carbocycles. The second-order valence-electron chi connectivity index (χ2n) is 9.33. The Morgan fingerprint density at radius 2 is 1.74 bits per heavy atom. The number of methoxy groups -OCH3 is 1. The van der Waals surface area contributed by atoms with Gasteiger partial charge >= 0.3 is 5.97 Å². The van der Waals surface area contributed by atoms with Crippen LogP contribution in [-0.2, 0) is 17.8 Å². The van der Waals surface area contributed by atoms with E-state index in [1.807, 2.05) is 36.4 Å². The van der Waals surface area contributed by atoms with E-state index in [1.165, 1.54) is 17.4 Å². The molecule has 4 aromatic rings. The number of carboxylic acids is 1. The number of nitrogens with zero attached hydrogens (tertiary/aromatic N) is 2. The van der Waals surface area contributed by atoms with Crippen molar-refractivity contribution in [3.05, 3.63) is 89.2 Å². The number of carboxylic acid groups (broad SMARTS) is 1. The Morgan fingerprint density at radius 1 is 1.05 bits per heavy atom. The van der Waals surface area contributed by atoms with Gasteiger partial charge < -0.3 is 20.1 Å². The average molecular weight is 536 g/mol. The standard InChI is InChI=1S/C29H30FN3O4S/c1-18(2)25(28(35)36)32-27(34)21-11-7-20(8-12-21)17-33(16-15-19-9-13-22(37-3)14-10-19)29-31-24-6-4-5-23(30)26(24)38-29/h4-14,18,25H,15-17H2,1-3H3,(H,32,34)(H,35,36)/t25-/m1/s1. The van der Waals surface area contributed by atoms with Crippen molar-refractivity contribution >= 4 is 38.6 Å². The molecule has 1 amide bonds. The van der Waals surface area contributed by atoms with Crippen LogP contribution in [-0.4, -0.2) is 41.7 Å². The van der Waals surface area contributed by atoms with Gasteiger partial charge in [0, 0.05) is 18.7 Å². The fourth-order valence-electron chi connectivity index (χ4n) is 4.06. The van der Waals surface area contributed by atoms with Crippen LogP contribution in [0, 0.1) is 11.7 Å². The second-order valence-corrected chi connectivity index (χ2v) is 10.3. The molecular weight excluding hydrogens is 505 g/mol. The Hall–Kier alpha value is -3.98. The second kappa shape index (κ2) is 12.0. The van der Waals surface area contributed by atoms with Crippen LogP contribution in [0.15, 0.2) is 66.7 Å². The molecule has 0 radical (unpaired) electrons. The topological polar surface area (TPSA) is 91.8 Å². The molecular formula is C29H30FN3O4S. The smallest absolute Gasteiger partial charge is 0.326 e. The third kappa shape index (κ3) is 6.47. The van der Waals surface area contributed by atoms with Crippen molar-refractivity contribution in [3.8, 4) is 5.75 Å². The Bertz CT molecular complexity index is 1400. The zero-order chi connectivity index (χ0) is 27.2. The maximum Gasteiger partial charge on any atom is 0.326 e. The number of carbonyl (C=O) groups is 2. The van der Waals surface area contributed by atoms with Crippen molar-refractivity contribution in [1.29, 1.82) is 0 Å². The summed E-state index contributed by atoms with van der Waals surface area (Å²) in [6.45, 7) is 4.64. The number of thiazole rings is 1. The lowest BCUT2D eigenvalue weighted by atomic mass is 10.0. The normalized spacial score (nSPS) is 11.9. The van der Waals surface area contributed by atoms with Gasteiger partial charge in [0.2, 0.25) is 0 Å². The maximum atomic E-state index is 14.4. The Labute approximate surface area is 224 Å². The molecule has 0 aliphatic heterocycles. The molecule has 1 heterocycles. The minimum Gasteiger partial charge on any atom is -0.497 e. The molecule has 7 nitrogen and oxygen atoms in total. The third-order valence-electron chi connectivity index (χ3n) is 6.26. The summed E-state index contributed by atoms with van der Waals surface area (Å²) in [7, 11) is 1.63. The molecule has 0 aliphatic rings. The van der Waals surface area contributed by atoms with Crippen LogP contribution in [0.4, 0.5) is 9.52 Å². The molecule has 1 atom stereocenters. The molecule has 0 aliphatic carbocycles. The number of anilines is 1. The molecule has 0 saturated carbocycles. The number of aromatic nitrogens is 1. The Morgan fingerprint density at radius 3 is 2.34 bits per heavy atom. The van der Waals surface area contributed by atoms with Crippen LogP contribution in [0.5, 0.6) is 5.75 Å². The summed E-state index contributed by atoms with van der Waals surface area (Å²) in [5.74, 6) is -1.24. The first kappa shape index (κ1) is 27.1. The zero-order valence-electron chi connectivity index (χ0n) is 21.5. The summed E-state index contributed by atoms with van der Waals surface area (Å²) in [5, 5.41) is 12.7. The monoisotopic (exact) mass is 535 g/mol. The number of halogens is 1. The van der Waals surface area contributed by atoms with Crippen LogP contribution in [0.1, 0.15) is 35.3 Å². The van der Waals surface area contributed by atoms with E-state index >= 15 is 0 Å². The molecule has 1 aromatic heterocycles. The maximum absolute atomic E-state index is 14.4. The largest absolute Gasteiger partial charge is 0.497 e. The van der Waals surface area contributed by atoms with Gasteiger partial charge in [-0.15, -0.1) is 0 Å². The lowest BCUT2D eigenvalue weighted by Gasteiger charge is -2.22. The average Bonchev–Trinajstić information content (AvgIpc) is 3.35. The van der Waals surface area contributed by atoms with E-state index in [2.05, 4.69) is 15.2 Å². The predicted molar refractivity (Wildman–Crippen MR) is 147 cm³/mol. The van der Waals surface area contributed by atoms with E-state index in [9.17, 15) is 19.1 Å². The number of hydrogen-bond donors (Lipinski definition) is 2. The van der Waals surface area contributed by atoms with Gasteiger partial charge in [-0.25, -0.2) is 14.2 Å². The highest BCUT2D eigenvalue weighted by Crippen LogP contribution is 2.31. The highest BCUT2D eigenvalue weighted by Gasteiger charge is 2.24. The third-order valence-corrected chi connectivity index (χ3v) is 7.40. The van der Waals surface area contributed by atoms with Crippen LogP contribution in [0.2, 0.25) is 0 Å². The summed E-state index contributed by atoms with van der Waals surface area (Å²) in [6, 6.07) is 18.9. The minimum atomic E-state index is -1.07. The molecule has 0 unspecified atom stereocenters. The summed E-state index contributed by atoms with van der Waals surface area (Å²) in [6.07, 6.45) is 0.745. The number of amides is 1. The summed E-state index contributed by atoms with van der Waals surface area (Å²) in [5.41, 5.74) is 3.07. The van der Waals surface area contributed by atoms with Crippen LogP contribution < -0.4 is 15.0 Å². The van der Waals surface area contributed by atoms with Crippen molar-refractivity contribution in [3.63, 3.8) is 0 Å². The van der Waals surface area contributed by atoms with Crippen molar-refractivity contribution in [2.45, 2.75) is 32.9 Å². The lowest BCUT2D eigenvalue weighted by molar-refractivity contribution is -0.140. The quantitative estimate of drug-likeness (QED) is 0.262. The fraction of sp³-hybridized carbons (Fsp3) is 0.276. The summed E-state index contributed by atoms with van der Waals surface area (Å²) in [4.78, 5) is 30.8. The number of nitrogens with one attached hydrogen (secondary N) is 1. The molecule has 0 fully saturated rings. The number of hydrogen-bond acceptors (Lipinski definition) is 6. The van der Waals surface area contributed by atoms with Crippen LogP contribution in [0.3, 0.4) is 0 Å². The zero-order valence-corrected chi connectivity index (χ0v) is 22.3. The van der Waals surface area contributed by atoms with Gasteiger partial charge in [0.25, 0.3) is 5.91 Å². The number of benzene rings is 3. The van der Waals surface area contributed by atoms with Gasteiger partial charge in [0.05, 0.1) is 17.3 Å². The first-order valence-electron chi connectivity index (χ1n) is 12.3. The van der Waals surface area contributed by atoms with E-state index in [-0.39, 0.29) is 11.7 Å². The van der Waals surface area contributed by atoms with Crippen molar-refractivity contribution in [2.75, 3.05) is 18.6 Å². The number of carbonyl (C=O) groups excluding carboxylic acids is 1. The van der Waals surface area contributed by atoms with Gasteiger partial charge in [-0.3, -0.25) is 4.79 Å². The van der Waals surface area contributed by atoms with E-state index in [4.69, 9.17) is 4.74 Å². The van der Waals surface area contributed by atoms with Gasteiger partial charge in [-0.2, -0.15) is 0 Å².